The van der Waals surface area contributed by atoms with Gasteiger partial charge in [0, 0.05) is 29.9 Å². The molecule has 1 N–H and O–H groups in total. The molecule has 1 heterocycles. The Labute approximate surface area is 199 Å². The van der Waals surface area contributed by atoms with E-state index in [0.29, 0.717) is 17.4 Å². The van der Waals surface area contributed by atoms with Gasteiger partial charge in [-0.15, -0.1) is 6.58 Å². The van der Waals surface area contributed by atoms with E-state index >= 15 is 0 Å². The summed E-state index contributed by atoms with van der Waals surface area (Å²) in [6.07, 6.45) is 3.44. The first-order valence-corrected chi connectivity index (χ1v) is 10.9. The van der Waals surface area contributed by atoms with Gasteiger partial charge in [-0.3, -0.25) is 19.5 Å². The predicted molar refractivity (Wildman–Crippen MR) is 132 cm³/mol. The van der Waals surface area contributed by atoms with E-state index in [1.165, 1.54) is 4.90 Å². The quantitative estimate of drug-likeness (QED) is 0.457. The highest BCUT2D eigenvalue weighted by Gasteiger charge is 2.21. The summed E-state index contributed by atoms with van der Waals surface area (Å²) in [4.78, 5) is 31.5. The number of carbonyl (C=O) groups is 2. The van der Waals surface area contributed by atoms with E-state index in [9.17, 15) is 9.59 Å². The Morgan fingerprint density at radius 2 is 1.82 bits per heavy atom. The van der Waals surface area contributed by atoms with Gasteiger partial charge in [-0.05, 0) is 36.4 Å². The molecule has 3 aromatic rings. The Kier molecular flexibility index (Phi) is 8.08. The maximum Gasteiger partial charge on any atom is 0.246 e. The molecule has 2 amide bonds. The van der Waals surface area contributed by atoms with E-state index in [4.69, 9.17) is 9.47 Å². The van der Waals surface area contributed by atoms with Crippen molar-refractivity contribution in [2.24, 2.45) is 5.92 Å². The Morgan fingerprint density at radius 3 is 2.44 bits per heavy atom. The lowest BCUT2D eigenvalue weighted by atomic mass is 10.1. The number of carbonyl (C=O) groups excluding carboxylic acids is 2. The molecule has 0 spiro atoms. The average Bonchev–Trinajstić information content (AvgIpc) is 3.26. The zero-order valence-electron chi connectivity index (χ0n) is 19.9. The van der Waals surface area contributed by atoms with Crippen LogP contribution in [0.5, 0.6) is 11.5 Å². The van der Waals surface area contributed by atoms with Crippen LogP contribution in [0.3, 0.4) is 0 Å². The van der Waals surface area contributed by atoms with Crippen LogP contribution in [0.2, 0.25) is 0 Å². The molecule has 0 saturated heterocycles. The summed E-state index contributed by atoms with van der Waals surface area (Å²) in [5, 5.41) is 2.86. The van der Waals surface area contributed by atoms with E-state index < -0.39 is 0 Å². The van der Waals surface area contributed by atoms with Crippen LogP contribution in [0.15, 0.2) is 67.4 Å². The van der Waals surface area contributed by atoms with Gasteiger partial charge < -0.3 is 14.4 Å². The second kappa shape index (κ2) is 11.2. The zero-order chi connectivity index (χ0) is 24.7. The molecule has 8 nitrogen and oxygen atoms in total. The minimum Gasteiger partial charge on any atom is -0.497 e. The molecule has 0 radical (unpaired) electrons. The van der Waals surface area contributed by atoms with Gasteiger partial charge in [0.1, 0.15) is 18.0 Å². The summed E-state index contributed by atoms with van der Waals surface area (Å²) in [5.41, 5.74) is 2.29. The van der Waals surface area contributed by atoms with Crippen LogP contribution in [0.4, 0.5) is 5.95 Å². The molecule has 0 aliphatic carbocycles. The standard InChI is InChI=1S/C26H30N4O4/c1-6-14-29(25(32)18(2)3)17-24(31)28-26-27-23(19-8-7-9-22(15-19)34-5)16-30(26)20-10-12-21(33-4)13-11-20/h6-13,15-16,18H,1,14,17H2,2-5H3,(H,27,28,31). The number of imidazole rings is 1. The molecule has 0 aliphatic rings. The molecule has 0 bridgehead atoms. The molecule has 178 valence electrons. The number of amides is 2. The van der Waals surface area contributed by atoms with Gasteiger partial charge in [-0.25, -0.2) is 4.98 Å². The molecule has 3 rings (SSSR count). The van der Waals surface area contributed by atoms with Gasteiger partial charge in [0.05, 0.1) is 19.9 Å². The fourth-order valence-electron chi connectivity index (χ4n) is 3.42. The molecular weight excluding hydrogens is 432 g/mol. The second-order valence-electron chi connectivity index (χ2n) is 7.96. The predicted octanol–water partition coefficient (Wildman–Crippen LogP) is 4.17. The van der Waals surface area contributed by atoms with Crippen LogP contribution in [-0.2, 0) is 9.59 Å². The molecular formula is C26H30N4O4. The lowest BCUT2D eigenvalue weighted by Crippen LogP contribution is -2.40. The monoisotopic (exact) mass is 462 g/mol. The number of hydrogen-bond acceptors (Lipinski definition) is 5. The van der Waals surface area contributed by atoms with Crippen molar-refractivity contribution in [1.82, 2.24) is 14.5 Å². The van der Waals surface area contributed by atoms with Crippen LogP contribution in [0.25, 0.3) is 16.9 Å². The van der Waals surface area contributed by atoms with Gasteiger partial charge >= 0.3 is 0 Å². The van der Waals surface area contributed by atoms with E-state index in [1.54, 1.807) is 38.7 Å². The minimum absolute atomic E-state index is 0.104. The van der Waals surface area contributed by atoms with E-state index in [2.05, 4.69) is 16.9 Å². The number of benzene rings is 2. The fourth-order valence-corrected chi connectivity index (χ4v) is 3.42. The molecule has 2 aromatic carbocycles. The Hall–Kier alpha value is -4.07. The zero-order valence-corrected chi connectivity index (χ0v) is 19.9. The van der Waals surface area contributed by atoms with Crippen molar-refractivity contribution >= 4 is 17.8 Å². The van der Waals surface area contributed by atoms with Crippen LogP contribution < -0.4 is 14.8 Å². The van der Waals surface area contributed by atoms with Gasteiger partial charge in [0.15, 0.2) is 0 Å². The number of methoxy groups -OCH3 is 2. The normalized spacial score (nSPS) is 10.6. The van der Waals surface area contributed by atoms with Crippen LogP contribution in [0.1, 0.15) is 13.8 Å². The van der Waals surface area contributed by atoms with Crippen molar-refractivity contribution < 1.29 is 19.1 Å². The SMILES string of the molecule is C=CCN(CC(=O)Nc1nc(-c2cccc(OC)c2)cn1-c1ccc(OC)cc1)C(=O)C(C)C. The fraction of sp³-hybridized carbons (Fsp3) is 0.269. The molecule has 34 heavy (non-hydrogen) atoms. The van der Waals surface area contributed by atoms with Crippen molar-refractivity contribution in [3.63, 3.8) is 0 Å². The van der Waals surface area contributed by atoms with E-state index in [0.717, 1.165) is 17.0 Å². The lowest BCUT2D eigenvalue weighted by molar-refractivity contribution is -0.136. The average molecular weight is 463 g/mol. The maximum atomic E-state index is 12.9. The molecule has 0 saturated carbocycles. The number of ether oxygens (including phenoxy) is 2. The summed E-state index contributed by atoms with van der Waals surface area (Å²) >= 11 is 0. The minimum atomic E-state index is -0.353. The molecule has 1 aromatic heterocycles. The van der Waals surface area contributed by atoms with Gasteiger partial charge in [0.2, 0.25) is 17.8 Å². The molecule has 0 aliphatic heterocycles. The third-order valence-electron chi connectivity index (χ3n) is 5.16. The topological polar surface area (TPSA) is 85.7 Å². The number of anilines is 1. The Balaban J connectivity index is 1.95. The number of aromatic nitrogens is 2. The van der Waals surface area contributed by atoms with Crippen molar-refractivity contribution in [3.8, 4) is 28.4 Å². The first-order valence-electron chi connectivity index (χ1n) is 10.9. The van der Waals surface area contributed by atoms with Crippen molar-refractivity contribution in [1.29, 1.82) is 0 Å². The third-order valence-corrected chi connectivity index (χ3v) is 5.16. The molecule has 0 unspecified atom stereocenters. The highest BCUT2D eigenvalue weighted by Crippen LogP contribution is 2.27. The summed E-state index contributed by atoms with van der Waals surface area (Å²) in [6, 6.07) is 14.9. The number of hydrogen-bond donors (Lipinski definition) is 1. The van der Waals surface area contributed by atoms with Crippen LogP contribution >= 0.6 is 0 Å². The van der Waals surface area contributed by atoms with Gasteiger partial charge in [-0.1, -0.05) is 32.1 Å². The Bertz CT molecular complexity index is 1150. The Morgan fingerprint density at radius 1 is 1.12 bits per heavy atom. The maximum absolute atomic E-state index is 12.9. The van der Waals surface area contributed by atoms with Crippen LogP contribution in [-0.4, -0.2) is 53.6 Å². The van der Waals surface area contributed by atoms with Gasteiger partial charge in [-0.2, -0.15) is 0 Å². The number of nitrogens with one attached hydrogen (secondary N) is 1. The molecule has 8 heteroatoms. The van der Waals surface area contributed by atoms with E-state index in [1.807, 2.05) is 54.7 Å². The summed E-state index contributed by atoms with van der Waals surface area (Å²) in [6.45, 7) is 7.47. The van der Waals surface area contributed by atoms with E-state index in [-0.39, 0.29) is 30.8 Å². The van der Waals surface area contributed by atoms with Crippen LogP contribution in [0, 0.1) is 5.92 Å². The first kappa shape index (κ1) is 24.6. The van der Waals surface area contributed by atoms with Crippen molar-refractivity contribution in [3.05, 3.63) is 67.4 Å². The summed E-state index contributed by atoms with van der Waals surface area (Å²) in [7, 11) is 3.21. The molecule has 0 atom stereocenters. The van der Waals surface area contributed by atoms with Crippen molar-refractivity contribution in [2.45, 2.75) is 13.8 Å². The smallest absolute Gasteiger partial charge is 0.246 e. The second-order valence-corrected chi connectivity index (χ2v) is 7.96. The highest BCUT2D eigenvalue weighted by molar-refractivity contribution is 5.94. The largest absolute Gasteiger partial charge is 0.497 e. The molecule has 0 fully saturated rings. The lowest BCUT2D eigenvalue weighted by Gasteiger charge is -2.22. The number of rotatable bonds is 10. The summed E-state index contributed by atoms with van der Waals surface area (Å²) < 4.78 is 12.4. The number of nitrogens with zero attached hydrogens (tertiary/aromatic N) is 3. The highest BCUT2D eigenvalue weighted by atomic mass is 16.5. The van der Waals surface area contributed by atoms with Gasteiger partial charge in [0.25, 0.3) is 0 Å². The van der Waals surface area contributed by atoms with Crippen molar-refractivity contribution in [2.75, 3.05) is 32.6 Å². The third kappa shape index (κ3) is 5.83. The summed E-state index contributed by atoms with van der Waals surface area (Å²) in [5.74, 6) is 1.06. The first-order chi connectivity index (χ1) is 16.4.